The molecule has 0 saturated carbocycles. The third-order valence-electron chi connectivity index (χ3n) is 3.35. The first-order valence-electron chi connectivity index (χ1n) is 8.43. The van der Waals surface area contributed by atoms with E-state index in [9.17, 15) is 9.59 Å². The number of carbonyl (C=O) groups is 2. The van der Waals surface area contributed by atoms with Crippen molar-refractivity contribution in [3.63, 3.8) is 0 Å². The van der Waals surface area contributed by atoms with Crippen molar-refractivity contribution in [1.82, 2.24) is 10.3 Å². The normalized spacial score (nSPS) is 10.3. The maximum atomic E-state index is 11.9. The maximum absolute atomic E-state index is 11.9. The number of anilines is 1. The molecule has 0 saturated heterocycles. The van der Waals surface area contributed by atoms with Crippen LogP contribution in [-0.2, 0) is 16.0 Å². The lowest BCUT2D eigenvalue weighted by atomic mass is 10.1. The molecule has 0 spiro atoms. The van der Waals surface area contributed by atoms with E-state index < -0.39 is 11.8 Å². The molecule has 1 heterocycles. The molecule has 2 rings (SSSR count). The summed E-state index contributed by atoms with van der Waals surface area (Å²) < 4.78 is 11.1. The monoisotopic (exact) mass is 377 g/mol. The van der Waals surface area contributed by atoms with Gasteiger partial charge in [0.1, 0.15) is 0 Å². The molecule has 26 heavy (non-hydrogen) atoms. The predicted molar refractivity (Wildman–Crippen MR) is 101 cm³/mol. The number of rotatable bonds is 8. The van der Waals surface area contributed by atoms with E-state index >= 15 is 0 Å². The fourth-order valence-corrected chi connectivity index (χ4v) is 2.90. The summed E-state index contributed by atoms with van der Waals surface area (Å²) in [6.45, 7) is 7.07. The van der Waals surface area contributed by atoms with E-state index in [2.05, 4.69) is 15.6 Å². The van der Waals surface area contributed by atoms with Gasteiger partial charge in [0.25, 0.3) is 0 Å². The van der Waals surface area contributed by atoms with Crippen LogP contribution in [0.25, 0.3) is 0 Å². The number of aryl methyl sites for hydroxylation is 1. The molecular formula is C18H23N3O4S. The van der Waals surface area contributed by atoms with Gasteiger partial charge < -0.3 is 14.8 Å². The third-order valence-corrected chi connectivity index (χ3v) is 4.23. The van der Waals surface area contributed by atoms with Crippen molar-refractivity contribution in [3.8, 4) is 11.5 Å². The van der Waals surface area contributed by atoms with Crippen LogP contribution in [0.1, 0.15) is 25.1 Å². The number of aromatic nitrogens is 1. The van der Waals surface area contributed by atoms with Gasteiger partial charge in [0.15, 0.2) is 16.6 Å². The number of benzene rings is 1. The van der Waals surface area contributed by atoms with Gasteiger partial charge in [0.2, 0.25) is 0 Å². The zero-order valence-corrected chi connectivity index (χ0v) is 15.9. The first-order chi connectivity index (χ1) is 12.5. The molecule has 0 unspecified atom stereocenters. The van der Waals surface area contributed by atoms with Gasteiger partial charge in [-0.05, 0) is 44.9 Å². The van der Waals surface area contributed by atoms with Gasteiger partial charge in [-0.3, -0.25) is 14.9 Å². The van der Waals surface area contributed by atoms with Gasteiger partial charge in [0.05, 0.1) is 18.9 Å². The molecule has 0 aliphatic carbocycles. The van der Waals surface area contributed by atoms with Crippen molar-refractivity contribution in [2.45, 2.75) is 27.2 Å². The van der Waals surface area contributed by atoms with E-state index in [1.807, 2.05) is 39.0 Å². The van der Waals surface area contributed by atoms with Crippen molar-refractivity contribution >= 4 is 28.3 Å². The van der Waals surface area contributed by atoms with Crippen LogP contribution in [0.5, 0.6) is 11.5 Å². The summed E-state index contributed by atoms with van der Waals surface area (Å²) in [6.07, 6.45) is 0.571. The first kappa shape index (κ1) is 19.7. The van der Waals surface area contributed by atoms with Crippen LogP contribution in [0.3, 0.4) is 0 Å². The quantitative estimate of drug-likeness (QED) is 0.690. The molecule has 2 aromatic rings. The van der Waals surface area contributed by atoms with Crippen LogP contribution >= 0.6 is 11.3 Å². The van der Waals surface area contributed by atoms with Crippen molar-refractivity contribution in [2.24, 2.45) is 0 Å². The molecule has 0 radical (unpaired) electrons. The number of hydrogen-bond acceptors (Lipinski definition) is 6. The molecule has 1 aromatic carbocycles. The van der Waals surface area contributed by atoms with Gasteiger partial charge in [-0.15, -0.1) is 11.3 Å². The zero-order valence-electron chi connectivity index (χ0n) is 15.1. The predicted octanol–water partition coefficient (Wildman–Crippen LogP) is 2.55. The number of amides is 2. The van der Waals surface area contributed by atoms with Crippen LogP contribution in [-0.4, -0.2) is 36.6 Å². The van der Waals surface area contributed by atoms with Crippen LogP contribution in [0, 0.1) is 6.92 Å². The Morgan fingerprint density at radius 1 is 1.12 bits per heavy atom. The van der Waals surface area contributed by atoms with Crippen LogP contribution < -0.4 is 20.1 Å². The number of nitrogens with one attached hydrogen (secondary N) is 2. The highest BCUT2D eigenvalue weighted by Crippen LogP contribution is 2.28. The topological polar surface area (TPSA) is 89.5 Å². The van der Waals surface area contributed by atoms with Crippen molar-refractivity contribution < 1.29 is 19.1 Å². The van der Waals surface area contributed by atoms with Crippen LogP contribution in [0.4, 0.5) is 5.13 Å². The second kappa shape index (κ2) is 9.76. The smallest absolute Gasteiger partial charge is 0.315 e. The lowest BCUT2D eigenvalue weighted by Crippen LogP contribution is -2.36. The average Bonchev–Trinajstić information content (AvgIpc) is 3.02. The number of ether oxygens (including phenoxy) is 2. The van der Waals surface area contributed by atoms with Gasteiger partial charge in [-0.25, -0.2) is 4.98 Å². The fraction of sp³-hybridized carbons (Fsp3) is 0.389. The highest BCUT2D eigenvalue weighted by molar-refractivity contribution is 7.14. The highest BCUT2D eigenvalue weighted by atomic mass is 32.1. The van der Waals surface area contributed by atoms with E-state index in [0.29, 0.717) is 42.8 Å². The highest BCUT2D eigenvalue weighted by Gasteiger charge is 2.15. The largest absolute Gasteiger partial charge is 0.490 e. The second-order valence-corrected chi connectivity index (χ2v) is 6.26. The molecule has 2 N–H and O–H groups in total. The molecule has 0 aliphatic heterocycles. The molecule has 1 aromatic heterocycles. The van der Waals surface area contributed by atoms with E-state index in [4.69, 9.17) is 9.47 Å². The lowest BCUT2D eigenvalue weighted by molar-refractivity contribution is -0.136. The SMILES string of the molecule is CCOc1ccc(CCNC(=O)C(=O)Nc2nc(C)cs2)cc1OCC. The first-order valence-corrected chi connectivity index (χ1v) is 9.31. The third kappa shape index (κ3) is 5.73. The number of hydrogen-bond donors (Lipinski definition) is 2. The Morgan fingerprint density at radius 2 is 1.85 bits per heavy atom. The Labute approximate surface area is 156 Å². The summed E-state index contributed by atoms with van der Waals surface area (Å²) >= 11 is 1.28. The van der Waals surface area contributed by atoms with E-state index in [1.165, 1.54) is 11.3 Å². The molecule has 7 nitrogen and oxygen atoms in total. The van der Waals surface area contributed by atoms with Crippen LogP contribution in [0.2, 0.25) is 0 Å². The van der Waals surface area contributed by atoms with E-state index in [0.717, 1.165) is 11.3 Å². The summed E-state index contributed by atoms with van der Waals surface area (Å²) in [5.41, 5.74) is 1.78. The van der Waals surface area contributed by atoms with Crippen molar-refractivity contribution in [3.05, 3.63) is 34.8 Å². The molecule has 140 valence electrons. The van der Waals surface area contributed by atoms with Crippen molar-refractivity contribution in [1.29, 1.82) is 0 Å². The molecular weight excluding hydrogens is 354 g/mol. The minimum atomic E-state index is -0.721. The summed E-state index contributed by atoms with van der Waals surface area (Å²) in [6, 6.07) is 5.65. The van der Waals surface area contributed by atoms with Gasteiger partial charge in [0, 0.05) is 11.9 Å². The molecule has 0 aliphatic rings. The van der Waals surface area contributed by atoms with Gasteiger partial charge in [-0.2, -0.15) is 0 Å². The Balaban J connectivity index is 1.85. The zero-order chi connectivity index (χ0) is 18.9. The maximum Gasteiger partial charge on any atom is 0.315 e. The lowest BCUT2D eigenvalue weighted by Gasteiger charge is -2.12. The Hall–Kier alpha value is -2.61. The number of nitrogens with zero attached hydrogens (tertiary/aromatic N) is 1. The fourth-order valence-electron chi connectivity index (χ4n) is 2.22. The van der Waals surface area contributed by atoms with E-state index in [-0.39, 0.29) is 0 Å². The van der Waals surface area contributed by atoms with Crippen molar-refractivity contribution in [2.75, 3.05) is 25.1 Å². The summed E-state index contributed by atoms with van der Waals surface area (Å²) in [5.74, 6) is -0.0369. The average molecular weight is 377 g/mol. The second-order valence-electron chi connectivity index (χ2n) is 5.40. The Kier molecular flexibility index (Phi) is 7.40. The minimum Gasteiger partial charge on any atom is -0.490 e. The number of carbonyl (C=O) groups excluding carboxylic acids is 2. The summed E-state index contributed by atoms with van der Waals surface area (Å²) in [7, 11) is 0. The molecule has 8 heteroatoms. The van der Waals surface area contributed by atoms with Gasteiger partial charge in [-0.1, -0.05) is 6.07 Å². The number of thiazole rings is 1. The minimum absolute atomic E-state index is 0.336. The Bertz CT molecular complexity index is 761. The molecule has 0 bridgehead atoms. The van der Waals surface area contributed by atoms with Crippen LogP contribution in [0.15, 0.2) is 23.6 Å². The summed E-state index contributed by atoms with van der Waals surface area (Å²) in [5, 5.41) is 7.29. The standard InChI is InChI=1S/C18H23N3O4S/c1-4-24-14-7-6-13(10-15(14)25-5-2)8-9-19-16(22)17(23)21-18-20-12(3)11-26-18/h6-7,10-11H,4-5,8-9H2,1-3H3,(H,19,22)(H,20,21,23). The molecule has 0 fully saturated rings. The molecule has 2 amide bonds. The van der Waals surface area contributed by atoms with E-state index in [1.54, 1.807) is 5.38 Å². The summed E-state index contributed by atoms with van der Waals surface area (Å²) in [4.78, 5) is 27.8. The van der Waals surface area contributed by atoms with Gasteiger partial charge >= 0.3 is 11.8 Å². The molecule has 0 atom stereocenters. The Morgan fingerprint density at radius 3 is 2.50 bits per heavy atom.